The van der Waals surface area contributed by atoms with Crippen molar-refractivity contribution in [3.63, 3.8) is 0 Å². The van der Waals surface area contributed by atoms with E-state index in [1.807, 2.05) is 18.2 Å². The summed E-state index contributed by atoms with van der Waals surface area (Å²) in [6.07, 6.45) is 0.533. The quantitative estimate of drug-likeness (QED) is 0.865. The van der Waals surface area contributed by atoms with E-state index in [4.69, 9.17) is 0 Å². The first-order chi connectivity index (χ1) is 8.70. The topological polar surface area (TPSA) is 49.8 Å². The van der Waals surface area contributed by atoms with Crippen LogP contribution in [0, 0.1) is 0 Å². The van der Waals surface area contributed by atoms with Gasteiger partial charge in [0.15, 0.2) is 0 Å². The van der Waals surface area contributed by atoms with Crippen molar-refractivity contribution >= 4 is 18.4 Å². The number of nitrogens with zero attached hydrogens (tertiary/aromatic N) is 1. The van der Waals surface area contributed by atoms with E-state index in [-0.39, 0.29) is 18.2 Å². The van der Waals surface area contributed by atoms with E-state index in [1.165, 1.54) is 12.7 Å². The van der Waals surface area contributed by atoms with E-state index in [1.54, 1.807) is 0 Å². The second-order valence-electron chi connectivity index (χ2n) is 4.36. The minimum atomic E-state index is -0.424. The van der Waals surface area contributed by atoms with Crippen LogP contribution in [0.1, 0.15) is 12.0 Å². The number of rotatable bonds is 3. The molecule has 0 unspecified atom stereocenters. The molecule has 1 heterocycles. The van der Waals surface area contributed by atoms with Gasteiger partial charge in [0, 0.05) is 13.1 Å². The van der Waals surface area contributed by atoms with Crippen LogP contribution in [0.2, 0.25) is 0 Å². The SMILES string of the molecule is COC(=O)C1=C(O)CN(Cc2ccccc2)CC1.Cl. The molecule has 1 aromatic rings. The molecule has 1 aromatic carbocycles. The average molecular weight is 284 g/mol. The molecule has 1 N–H and O–H groups in total. The van der Waals surface area contributed by atoms with Gasteiger partial charge < -0.3 is 9.84 Å². The fourth-order valence-corrected chi connectivity index (χ4v) is 2.12. The molecule has 0 saturated heterocycles. The van der Waals surface area contributed by atoms with Crippen molar-refractivity contribution in [1.82, 2.24) is 4.90 Å². The number of carbonyl (C=O) groups is 1. The van der Waals surface area contributed by atoms with Crippen molar-refractivity contribution in [2.75, 3.05) is 20.2 Å². The molecule has 19 heavy (non-hydrogen) atoms. The van der Waals surface area contributed by atoms with Crippen molar-refractivity contribution in [2.24, 2.45) is 0 Å². The Morgan fingerprint density at radius 3 is 2.63 bits per heavy atom. The summed E-state index contributed by atoms with van der Waals surface area (Å²) in [6.45, 7) is 1.93. The van der Waals surface area contributed by atoms with Crippen molar-refractivity contribution in [1.29, 1.82) is 0 Å². The monoisotopic (exact) mass is 283 g/mol. The summed E-state index contributed by atoms with van der Waals surface area (Å²) in [5.41, 5.74) is 1.61. The summed E-state index contributed by atoms with van der Waals surface area (Å²) in [5, 5.41) is 9.86. The molecule has 2 rings (SSSR count). The number of aliphatic hydroxyl groups is 1. The molecule has 5 heteroatoms. The first-order valence-corrected chi connectivity index (χ1v) is 5.96. The highest BCUT2D eigenvalue weighted by molar-refractivity contribution is 5.89. The molecule has 0 bridgehead atoms. The van der Waals surface area contributed by atoms with Gasteiger partial charge in [0.05, 0.1) is 19.2 Å². The van der Waals surface area contributed by atoms with Gasteiger partial charge in [-0.3, -0.25) is 4.90 Å². The predicted molar refractivity (Wildman–Crippen MR) is 75.3 cm³/mol. The van der Waals surface area contributed by atoms with Crippen LogP contribution in [-0.2, 0) is 16.1 Å². The molecule has 4 nitrogen and oxygen atoms in total. The Kier molecular flexibility index (Phi) is 5.86. The minimum Gasteiger partial charge on any atom is -0.510 e. The zero-order valence-corrected chi connectivity index (χ0v) is 11.7. The lowest BCUT2D eigenvalue weighted by molar-refractivity contribution is -0.136. The predicted octanol–water partition coefficient (Wildman–Crippen LogP) is 2.30. The van der Waals surface area contributed by atoms with Gasteiger partial charge in [0.25, 0.3) is 0 Å². The number of benzene rings is 1. The fourth-order valence-electron chi connectivity index (χ4n) is 2.12. The summed E-state index contributed by atoms with van der Waals surface area (Å²) in [7, 11) is 1.33. The van der Waals surface area contributed by atoms with Gasteiger partial charge in [0.2, 0.25) is 0 Å². The summed E-state index contributed by atoms with van der Waals surface area (Å²) in [6, 6.07) is 10.1. The number of aliphatic hydroxyl groups excluding tert-OH is 1. The van der Waals surface area contributed by atoms with Gasteiger partial charge >= 0.3 is 5.97 Å². The van der Waals surface area contributed by atoms with Crippen LogP contribution in [0.25, 0.3) is 0 Å². The Balaban J connectivity index is 0.00000180. The Hall–Kier alpha value is -1.52. The maximum Gasteiger partial charge on any atom is 0.337 e. The Morgan fingerprint density at radius 2 is 2.05 bits per heavy atom. The van der Waals surface area contributed by atoms with Gasteiger partial charge in [-0.25, -0.2) is 4.79 Å². The zero-order valence-electron chi connectivity index (χ0n) is 10.8. The lowest BCUT2D eigenvalue weighted by Gasteiger charge is -2.27. The first kappa shape index (κ1) is 15.5. The number of ether oxygens (including phenoxy) is 1. The van der Waals surface area contributed by atoms with E-state index in [0.717, 1.165) is 13.1 Å². The van der Waals surface area contributed by atoms with Crippen LogP contribution >= 0.6 is 12.4 Å². The van der Waals surface area contributed by atoms with E-state index < -0.39 is 5.97 Å². The summed E-state index contributed by atoms with van der Waals surface area (Å²) < 4.78 is 4.64. The summed E-state index contributed by atoms with van der Waals surface area (Å²) in [5.74, 6) is -0.295. The third kappa shape index (κ3) is 3.98. The van der Waals surface area contributed by atoms with Crippen LogP contribution in [0.5, 0.6) is 0 Å². The summed E-state index contributed by atoms with van der Waals surface area (Å²) >= 11 is 0. The van der Waals surface area contributed by atoms with Crippen LogP contribution in [0.15, 0.2) is 41.7 Å². The number of methoxy groups -OCH3 is 1. The van der Waals surface area contributed by atoms with Crippen molar-refractivity contribution in [3.8, 4) is 0 Å². The van der Waals surface area contributed by atoms with E-state index in [9.17, 15) is 9.90 Å². The van der Waals surface area contributed by atoms with Gasteiger partial charge in [0.1, 0.15) is 5.76 Å². The second kappa shape index (κ2) is 7.16. The average Bonchev–Trinajstić information content (AvgIpc) is 2.39. The van der Waals surface area contributed by atoms with Crippen molar-refractivity contribution in [3.05, 3.63) is 47.2 Å². The molecule has 0 saturated carbocycles. The first-order valence-electron chi connectivity index (χ1n) is 5.96. The molecular formula is C14H18ClNO3. The maximum absolute atomic E-state index is 11.4. The van der Waals surface area contributed by atoms with Crippen LogP contribution in [-0.4, -0.2) is 36.2 Å². The molecule has 0 aliphatic carbocycles. The van der Waals surface area contributed by atoms with Crippen LogP contribution in [0.3, 0.4) is 0 Å². The van der Waals surface area contributed by atoms with Crippen molar-refractivity contribution in [2.45, 2.75) is 13.0 Å². The fraction of sp³-hybridized carbons (Fsp3) is 0.357. The number of esters is 1. The van der Waals surface area contributed by atoms with Gasteiger partial charge in [-0.1, -0.05) is 30.3 Å². The molecule has 0 aromatic heterocycles. The highest BCUT2D eigenvalue weighted by Gasteiger charge is 2.23. The molecule has 0 radical (unpaired) electrons. The molecule has 1 aliphatic rings. The van der Waals surface area contributed by atoms with Crippen LogP contribution in [0.4, 0.5) is 0 Å². The third-order valence-corrected chi connectivity index (χ3v) is 3.08. The smallest absolute Gasteiger partial charge is 0.337 e. The Bertz CT molecular complexity index is 459. The van der Waals surface area contributed by atoms with Gasteiger partial charge in [-0.05, 0) is 12.0 Å². The van der Waals surface area contributed by atoms with E-state index in [2.05, 4.69) is 21.8 Å². The zero-order chi connectivity index (χ0) is 13.0. The normalized spacial score (nSPS) is 15.8. The van der Waals surface area contributed by atoms with Gasteiger partial charge in [-0.2, -0.15) is 0 Å². The number of carbonyl (C=O) groups excluding carboxylic acids is 1. The number of hydrogen-bond donors (Lipinski definition) is 1. The molecular weight excluding hydrogens is 266 g/mol. The van der Waals surface area contributed by atoms with Crippen molar-refractivity contribution < 1.29 is 14.6 Å². The Morgan fingerprint density at radius 1 is 1.37 bits per heavy atom. The third-order valence-electron chi connectivity index (χ3n) is 3.08. The van der Waals surface area contributed by atoms with E-state index >= 15 is 0 Å². The van der Waals surface area contributed by atoms with Crippen LogP contribution < -0.4 is 0 Å². The molecule has 0 atom stereocenters. The standard InChI is InChI=1S/C14H17NO3.ClH/c1-18-14(17)12-7-8-15(10-13(12)16)9-11-5-3-2-4-6-11;/h2-6,16H,7-10H2,1H3;1H. The highest BCUT2D eigenvalue weighted by Crippen LogP contribution is 2.19. The molecule has 0 spiro atoms. The highest BCUT2D eigenvalue weighted by atomic mass is 35.5. The lowest BCUT2D eigenvalue weighted by atomic mass is 10.1. The van der Waals surface area contributed by atoms with Gasteiger partial charge in [-0.15, -0.1) is 12.4 Å². The number of halogens is 1. The largest absolute Gasteiger partial charge is 0.510 e. The molecule has 0 fully saturated rings. The van der Waals surface area contributed by atoms with E-state index in [0.29, 0.717) is 18.5 Å². The second-order valence-corrected chi connectivity index (χ2v) is 4.36. The maximum atomic E-state index is 11.4. The number of hydrogen-bond acceptors (Lipinski definition) is 4. The molecule has 0 amide bonds. The summed E-state index contributed by atoms with van der Waals surface area (Å²) in [4.78, 5) is 13.5. The Labute approximate surface area is 119 Å². The minimum absolute atomic E-state index is 0. The lowest BCUT2D eigenvalue weighted by Crippen LogP contribution is -2.33. The molecule has 104 valence electrons. The molecule has 1 aliphatic heterocycles.